The number of aliphatic imine (C=N–C) groups is 1. The van der Waals surface area contributed by atoms with Crippen LogP contribution in [0.4, 0.5) is 14.9 Å². The molecule has 4 N–H and O–H groups in total. The number of nitrogens with zero attached hydrogens (tertiary/aromatic N) is 2. The molecule has 2 rings (SSSR count). The van der Waals surface area contributed by atoms with E-state index in [1.165, 1.54) is 18.2 Å². The molecule has 8 nitrogen and oxygen atoms in total. The summed E-state index contributed by atoms with van der Waals surface area (Å²) < 4.78 is 19.4. The van der Waals surface area contributed by atoms with E-state index in [0.29, 0.717) is 0 Å². The number of phenolic OH excluding ortho intramolecular Hbond substituents is 1. The summed E-state index contributed by atoms with van der Waals surface area (Å²) in [6.07, 6.45) is -1.04. The van der Waals surface area contributed by atoms with Crippen LogP contribution in [0.25, 0.3) is 16.0 Å². The van der Waals surface area contributed by atoms with Crippen LogP contribution in [0, 0.1) is 12.4 Å². The Labute approximate surface area is 176 Å². The van der Waals surface area contributed by atoms with Crippen molar-refractivity contribution in [1.29, 1.82) is 0 Å². The molecule has 0 unspecified atom stereocenters. The third kappa shape index (κ3) is 5.46. The number of aromatic hydroxyl groups is 1. The second-order valence-corrected chi connectivity index (χ2v) is 7.46. The minimum atomic E-state index is -1.04. The molecule has 0 saturated carbocycles. The van der Waals surface area contributed by atoms with E-state index in [1.807, 2.05) is 0 Å². The molecule has 0 heterocycles. The van der Waals surface area contributed by atoms with Crippen LogP contribution in [0.5, 0.6) is 5.75 Å². The summed E-state index contributed by atoms with van der Waals surface area (Å²) in [4.78, 5) is 31.2. The molecule has 0 atom stereocenters. The molecular formula is C20H18ClFN4O4. The highest BCUT2D eigenvalue weighted by Crippen LogP contribution is 2.40. The largest absolute Gasteiger partial charge is 0.507 e. The van der Waals surface area contributed by atoms with Crippen LogP contribution in [-0.2, 0) is 4.74 Å². The Morgan fingerprint density at radius 3 is 2.57 bits per heavy atom. The Kier molecular flexibility index (Phi) is 6.64. The summed E-state index contributed by atoms with van der Waals surface area (Å²) in [5.41, 5.74) is 3.84. The smallest absolute Gasteiger partial charge is 0.437 e. The van der Waals surface area contributed by atoms with Crippen LogP contribution < -0.4 is 11.1 Å². The van der Waals surface area contributed by atoms with Crippen LogP contribution in [0.3, 0.4) is 0 Å². The van der Waals surface area contributed by atoms with Gasteiger partial charge in [0.25, 0.3) is 5.91 Å². The Balaban J connectivity index is 2.52. The summed E-state index contributed by atoms with van der Waals surface area (Å²) in [5, 5.41) is 12.5. The van der Waals surface area contributed by atoms with Gasteiger partial charge in [-0.25, -0.2) is 14.0 Å². The summed E-state index contributed by atoms with van der Waals surface area (Å²) >= 11 is 5.93. The Hall–Kier alpha value is -3.64. The van der Waals surface area contributed by atoms with Crippen molar-refractivity contribution in [3.05, 3.63) is 58.2 Å². The van der Waals surface area contributed by atoms with E-state index < -0.39 is 40.7 Å². The monoisotopic (exact) mass is 432 g/mol. The first-order valence-corrected chi connectivity index (χ1v) is 8.88. The van der Waals surface area contributed by atoms with Gasteiger partial charge in [0, 0.05) is 16.1 Å². The van der Waals surface area contributed by atoms with Crippen molar-refractivity contribution < 1.29 is 23.8 Å². The van der Waals surface area contributed by atoms with E-state index in [-0.39, 0.29) is 21.8 Å². The maximum atomic E-state index is 14.5. The predicted molar refractivity (Wildman–Crippen MR) is 110 cm³/mol. The van der Waals surface area contributed by atoms with E-state index in [2.05, 4.69) is 15.2 Å². The van der Waals surface area contributed by atoms with Gasteiger partial charge in [-0.15, -0.1) is 4.99 Å². The Morgan fingerprint density at radius 2 is 1.97 bits per heavy atom. The van der Waals surface area contributed by atoms with Crippen molar-refractivity contribution in [2.75, 3.05) is 0 Å². The second-order valence-electron chi connectivity index (χ2n) is 7.02. The lowest BCUT2D eigenvalue weighted by Crippen LogP contribution is -2.38. The van der Waals surface area contributed by atoms with Crippen LogP contribution in [0.2, 0.25) is 5.02 Å². The summed E-state index contributed by atoms with van der Waals surface area (Å²) in [6.45, 7) is 12.2. The van der Waals surface area contributed by atoms with Gasteiger partial charge in [-0.05, 0) is 45.0 Å². The number of nitrogens with one attached hydrogen (secondary N) is 1. The maximum Gasteiger partial charge on any atom is 0.437 e. The van der Waals surface area contributed by atoms with E-state index in [0.717, 1.165) is 12.1 Å². The number of ether oxygens (including phenoxy) is 1. The van der Waals surface area contributed by atoms with Gasteiger partial charge in [0.05, 0.1) is 12.1 Å². The Bertz CT molecular complexity index is 1090. The molecular weight excluding hydrogens is 415 g/mol. The van der Waals surface area contributed by atoms with Gasteiger partial charge in [-0.3, -0.25) is 10.1 Å². The van der Waals surface area contributed by atoms with Crippen LogP contribution in [-0.4, -0.2) is 28.7 Å². The van der Waals surface area contributed by atoms with E-state index in [9.17, 15) is 19.1 Å². The quantitative estimate of drug-likeness (QED) is 0.369. The fourth-order valence-electron chi connectivity index (χ4n) is 2.46. The number of guanidine groups is 1. The number of halogens is 2. The van der Waals surface area contributed by atoms with Crippen molar-refractivity contribution in [2.24, 2.45) is 10.7 Å². The lowest BCUT2D eigenvalue weighted by atomic mass is 9.95. The number of carbonyl (C=O) groups excluding carboxylic acids is 2. The van der Waals surface area contributed by atoms with Gasteiger partial charge in [-0.1, -0.05) is 17.7 Å². The van der Waals surface area contributed by atoms with Crippen LogP contribution in [0.15, 0.2) is 35.3 Å². The fraction of sp³-hybridized carbons (Fsp3) is 0.200. The fourth-order valence-corrected chi connectivity index (χ4v) is 2.63. The summed E-state index contributed by atoms with van der Waals surface area (Å²) in [7, 11) is 0. The lowest BCUT2D eigenvalue weighted by Gasteiger charge is -2.17. The normalized spacial score (nSPS) is 11.5. The molecule has 0 aliphatic carbocycles. The van der Waals surface area contributed by atoms with E-state index >= 15 is 0 Å². The highest BCUT2D eigenvalue weighted by atomic mass is 35.5. The minimum absolute atomic E-state index is 0.109. The summed E-state index contributed by atoms with van der Waals surface area (Å²) in [5.74, 6) is -2.93. The number of hydrogen-bond acceptors (Lipinski definition) is 4. The molecule has 156 valence electrons. The zero-order valence-corrected chi connectivity index (χ0v) is 17.0. The SMILES string of the molecule is [C-]#[N+]c1ccc(O)c(C(=O)NC(N)=NC(=O)OC(C)(C)C)c1-c1cc(Cl)ccc1F. The topological polar surface area (TPSA) is 118 Å². The van der Waals surface area contributed by atoms with Gasteiger partial charge in [0.15, 0.2) is 5.69 Å². The molecule has 2 amide bonds. The third-order valence-electron chi connectivity index (χ3n) is 3.55. The third-order valence-corrected chi connectivity index (χ3v) is 3.79. The first-order chi connectivity index (χ1) is 13.9. The van der Waals surface area contributed by atoms with Gasteiger partial charge in [0.2, 0.25) is 5.96 Å². The average molecular weight is 433 g/mol. The molecule has 0 radical (unpaired) electrons. The molecule has 0 spiro atoms. The molecule has 30 heavy (non-hydrogen) atoms. The molecule has 0 fully saturated rings. The first kappa shape index (κ1) is 22.6. The molecule has 0 bridgehead atoms. The molecule has 0 saturated heterocycles. The molecule has 0 aliphatic rings. The highest BCUT2D eigenvalue weighted by Gasteiger charge is 2.24. The molecule has 2 aromatic rings. The number of phenols is 1. The maximum absolute atomic E-state index is 14.5. The van der Waals surface area contributed by atoms with Gasteiger partial charge in [-0.2, -0.15) is 0 Å². The zero-order valence-electron chi connectivity index (χ0n) is 16.3. The van der Waals surface area contributed by atoms with Crippen LogP contribution in [0.1, 0.15) is 31.1 Å². The van der Waals surface area contributed by atoms with Crippen molar-refractivity contribution in [1.82, 2.24) is 5.32 Å². The van der Waals surface area contributed by atoms with E-state index in [4.69, 9.17) is 28.6 Å². The number of amides is 2. The number of carbonyl (C=O) groups is 2. The number of rotatable bonds is 2. The van der Waals surface area contributed by atoms with Crippen molar-refractivity contribution >= 4 is 35.2 Å². The standard InChI is InChI=1S/C20H18ClFN4O4/c1-20(2,3)30-19(29)26-18(23)25-17(28)16-14(27)8-7-13(24-4)15(16)11-9-10(21)5-6-12(11)22/h5-9,27H,1-3H3,(H3,23,25,26,28,29). The van der Waals surface area contributed by atoms with Gasteiger partial charge in [0.1, 0.15) is 17.2 Å². The molecule has 2 aromatic carbocycles. The Morgan fingerprint density at radius 1 is 1.30 bits per heavy atom. The van der Waals surface area contributed by atoms with E-state index in [1.54, 1.807) is 20.8 Å². The molecule has 0 aliphatic heterocycles. The van der Waals surface area contributed by atoms with Crippen molar-refractivity contribution in [2.45, 2.75) is 26.4 Å². The van der Waals surface area contributed by atoms with Crippen LogP contribution >= 0.6 is 11.6 Å². The number of benzene rings is 2. The number of hydrogen-bond donors (Lipinski definition) is 3. The second kappa shape index (κ2) is 8.80. The van der Waals surface area contributed by atoms with Crippen molar-refractivity contribution in [3.63, 3.8) is 0 Å². The highest BCUT2D eigenvalue weighted by molar-refractivity contribution is 6.31. The summed E-state index contributed by atoms with van der Waals surface area (Å²) in [6, 6.07) is 5.92. The minimum Gasteiger partial charge on any atom is -0.507 e. The van der Waals surface area contributed by atoms with Gasteiger partial charge < -0.3 is 15.6 Å². The molecule has 10 heteroatoms. The average Bonchev–Trinajstić information content (AvgIpc) is 2.61. The lowest BCUT2D eigenvalue weighted by molar-refractivity contribution is 0.0604. The predicted octanol–water partition coefficient (Wildman–Crippen LogP) is 4.38. The first-order valence-electron chi connectivity index (χ1n) is 8.50. The molecule has 0 aromatic heterocycles. The van der Waals surface area contributed by atoms with Crippen molar-refractivity contribution in [3.8, 4) is 16.9 Å². The van der Waals surface area contributed by atoms with Gasteiger partial charge >= 0.3 is 6.09 Å². The number of nitrogens with two attached hydrogens (primary N) is 1. The zero-order chi connectivity index (χ0) is 22.6.